The van der Waals surface area contributed by atoms with E-state index in [1.807, 2.05) is 0 Å². The van der Waals surface area contributed by atoms with Crippen LogP contribution in [-0.4, -0.2) is 11.1 Å². The van der Waals surface area contributed by atoms with Crippen molar-refractivity contribution in [3.05, 3.63) is 0 Å². The molecule has 0 aromatic heterocycles. The van der Waals surface area contributed by atoms with E-state index >= 15 is 0 Å². The van der Waals surface area contributed by atoms with Crippen LogP contribution in [0, 0.1) is 5.41 Å². The SMILES string of the molecule is CCCCCCCCCCCCCCC(C)(C)CC(=O)O. The van der Waals surface area contributed by atoms with E-state index in [9.17, 15) is 4.79 Å². The zero-order valence-corrected chi connectivity index (χ0v) is 14.8. The summed E-state index contributed by atoms with van der Waals surface area (Å²) in [6.07, 6.45) is 17.6. The quantitative estimate of drug-likeness (QED) is 0.347. The molecule has 0 saturated heterocycles. The summed E-state index contributed by atoms with van der Waals surface area (Å²) in [5, 5.41) is 8.84. The number of carboxylic acid groups (broad SMARTS) is 1. The van der Waals surface area contributed by atoms with Crippen molar-refractivity contribution >= 4 is 5.97 Å². The van der Waals surface area contributed by atoms with Crippen molar-refractivity contribution in [1.29, 1.82) is 0 Å². The third kappa shape index (κ3) is 15.7. The lowest BCUT2D eigenvalue weighted by Crippen LogP contribution is -2.16. The summed E-state index contributed by atoms with van der Waals surface area (Å²) in [7, 11) is 0. The van der Waals surface area contributed by atoms with E-state index in [0.29, 0.717) is 6.42 Å². The second-order valence-corrected chi connectivity index (χ2v) is 7.37. The minimum absolute atomic E-state index is 0.0374. The largest absolute Gasteiger partial charge is 0.481 e. The van der Waals surface area contributed by atoms with Crippen LogP contribution < -0.4 is 0 Å². The zero-order valence-electron chi connectivity index (χ0n) is 14.8. The summed E-state index contributed by atoms with van der Waals surface area (Å²) in [5.41, 5.74) is -0.0374. The smallest absolute Gasteiger partial charge is 0.303 e. The lowest BCUT2D eigenvalue weighted by molar-refractivity contribution is -0.139. The van der Waals surface area contributed by atoms with Crippen molar-refractivity contribution in [3.63, 3.8) is 0 Å². The van der Waals surface area contributed by atoms with Crippen LogP contribution in [-0.2, 0) is 4.79 Å². The number of hydrogen-bond donors (Lipinski definition) is 1. The summed E-state index contributed by atoms with van der Waals surface area (Å²) in [6, 6.07) is 0. The van der Waals surface area contributed by atoms with Crippen LogP contribution in [0.5, 0.6) is 0 Å². The van der Waals surface area contributed by atoms with Crippen LogP contribution in [0.25, 0.3) is 0 Å². The van der Waals surface area contributed by atoms with Crippen LogP contribution in [0.4, 0.5) is 0 Å². The Morgan fingerprint density at radius 3 is 1.52 bits per heavy atom. The average Bonchev–Trinajstić information content (AvgIpc) is 2.38. The molecule has 0 aliphatic rings. The van der Waals surface area contributed by atoms with E-state index in [4.69, 9.17) is 5.11 Å². The number of rotatable bonds is 15. The van der Waals surface area contributed by atoms with Gasteiger partial charge in [0.15, 0.2) is 0 Å². The van der Waals surface area contributed by atoms with E-state index in [1.165, 1.54) is 77.0 Å². The van der Waals surface area contributed by atoms with E-state index in [-0.39, 0.29) is 5.41 Å². The van der Waals surface area contributed by atoms with E-state index in [2.05, 4.69) is 20.8 Å². The van der Waals surface area contributed by atoms with Gasteiger partial charge in [0, 0.05) is 0 Å². The number of unbranched alkanes of at least 4 members (excludes halogenated alkanes) is 11. The first kappa shape index (κ1) is 20.5. The fourth-order valence-corrected chi connectivity index (χ4v) is 2.94. The van der Waals surface area contributed by atoms with Gasteiger partial charge in [-0.15, -0.1) is 0 Å². The zero-order chi connectivity index (χ0) is 16.0. The van der Waals surface area contributed by atoms with Crippen molar-refractivity contribution in [2.75, 3.05) is 0 Å². The molecule has 2 heteroatoms. The van der Waals surface area contributed by atoms with Gasteiger partial charge in [0.25, 0.3) is 0 Å². The number of aliphatic carboxylic acids is 1. The maximum atomic E-state index is 10.7. The van der Waals surface area contributed by atoms with Gasteiger partial charge in [0.1, 0.15) is 0 Å². The Kier molecular flexibility index (Phi) is 12.8. The fourth-order valence-electron chi connectivity index (χ4n) is 2.94. The van der Waals surface area contributed by atoms with Crippen LogP contribution in [0.3, 0.4) is 0 Å². The molecule has 126 valence electrons. The molecule has 21 heavy (non-hydrogen) atoms. The van der Waals surface area contributed by atoms with Crippen LogP contribution >= 0.6 is 0 Å². The second-order valence-electron chi connectivity index (χ2n) is 7.37. The van der Waals surface area contributed by atoms with Gasteiger partial charge in [0.05, 0.1) is 6.42 Å². The monoisotopic (exact) mass is 298 g/mol. The molecule has 0 aliphatic carbocycles. The first-order valence-electron chi connectivity index (χ1n) is 9.20. The number of hydrogen-bond acceptors (Lipinski definition) is 1. The van der Waals surface area contributed by atoms with Crippen molar-refractivity contribution in [1.82, 2.24) is 0 Å². The summed E-state index contributed by atoms with van der Waals surface area (Å²) in [5.74, 6) is -0.668. The van der Waals surface area contributed by atoms with Crippen molar-refractivity contribution in [3.8, 4) is 0 Å². The van der Waals surface area contributed by atoms with Crippen molar-refractivity contribution in [2.45, 2.75) is 111 Å². The van der Waals surface area contributed by atoms with E-state index in [0.717, 1.165) is 6.42 Å². The maximum Gasteiger partial charge on any atom is 0.303 e. The Balaban J connectivity index is 3.24. The van der Waals surface area contributed by atoms with Crippen LogP contribution in [0.1, 0.15) is 111 Å². The van der Waals surface area contributed by atoms with Gasteiger partial charge < -0.3 is 5.11 Å². The number of carboxylic acids is 1. The molecular formula is C19H38O2. The van der Waals surface area contributed by atoms with Crippen LogP contribution in [0.2, 0.25) is 0 Å². The minimum Gasteiger partial charge on any atom is -0.481 e. The normalized spacial score (nSPS) is 11.8. The van der Waals surface area contributed by atoms with Gasteiger partial charge >= 0.3 is 5.97 Å². The highest BCUT2D eigenvalue weighted by Crippen LogP contribution is 2.28. The Bertz CT molecular complexity index is 246. The van der Waals surface area contributed by atoms with Gasteiger partial charge in [0.2, 0.25) is 0 Å². The summed E-state index contributed by atoms with van der Waals surface area (Å²) in [4.78, 5) is 10.7. The predicted octanol–water partition coefficient (Wildman–Crippen LogP) is 6.58. The summed E-state index contributed by atoms with van der Waals surface area (Å²) >= 11 is 0. The summed E-state index contributed by atoms with van der Waals surface area (Å²) < 4.78 is 0. The molecule has 0 fully saturated rings. The average molecular weight is 299 g/mol. The van der Waals surface area contributed by atoms with Gasteiger partial charge in [-0.2, -0.15) is 0 Å². The Hall–Kier alpha value is -0.530. The van der Waals surface area contributed by atoms with Gasteiger partial charge in [-0.3, -0.25) is 4.79 Å². The third-order valence-corrected chi connectivity index (χ3v) is 4.34. The third-order valence-electron chi connectivity index (χ3n) is 4.34. The fraction of sp³-hybridized carbons (Fsp3) is 0.947. The molecule has 1 N–H and O–H groups in total. The number of carbonyl (C=O) groups is 1. The molecule has 2 nitrogen and oxygen atoms in total. The lowest BCUT2D eigenvalue weighted by atomic mass is 9.83. The van der Waals surface area contributed by atoms with Gasteiger partial charge in [-0.05, 0) is 11.8 Å². The van der Waals surface area contributed by atoms with E-state index < -0.39 is 5.97 Å². The van der Waals surface area contributed by atoms with Crippen LogP contribution in [0.15, 0.2) is 0 Å². The molecule has 0 rings (SSSR count). The molecule has 0 amide bonds. The second kappa shape index (κ2) is 13.2. The van der Waals surface area contributed by atoms with Crippen molar-refractivity contribution < 1.29 is 9.90 Å². The molecule has 0 aromatic carbocycles. The van der Waals surface area contributed by atoms with Gasteiger partial charge in [-0.25, -0.2) is 0 Å². The lowest BCUT2D eigenvalue weighted by Gasteiger charge is -2.21. The Morgan fingerprint density at radius 1 is 0.762 bits per heavy atom. The predicted molar refractivity (Wildman–Crippen MR) is 91.7 cm³/mol. The Labute approximate surface area is 132 Å². The molecule has 0 saturated carbocycles. The molecular weight excluding hydrogens is 260 g/mol. The molecule has 0 atom stereocenters. The molecule has 0 spiro atoms. The van der Waals surface area contributed by atoms with Gasteiger partial charge in [-0.1, -0.05) is 97.8 Å². The molecule has 0 aromatic rings. The summed E-state index contributed by atoms with van der Waals surface area (Å²) in [6.45, 7) is 6.40. The molecule has 0 aliphatic heterocycles. The highest BCUT2D eigenvalue weighted by atomic mass is 16.4. The molecule has 0 unspecified atom stereocenters. The molecule has 0 radical (unpaired) electrons. The first-order valence-corrected chi connectivity index (χ1v) is 9.20. The van der Waals surface area contributed by atoms with E-state index in [1.54, 1.807) is 0 Å². The highest BCUT2D eigenvalue weighted by molar-refractivity contribution is 5.67. The molecule has 0 heterocycles. The topological polar surface area (TPSA) is 37.3 Å². The standard InChI is InChI=1S/C19H38O2/c1-4-5-6-7-8-9-10-11-12-13-14-15-16-19(2,3)17-18(20)21/h4-17H2,1-3H3,(H,20,21). The Morgan fingerprint density at radius 2 is 1.14 bits per heavy atom. The first-order chi connectivity index (χ1) is 9.98. The van der Waals surface area contributed by atoms with Crippen molar-refractivity contribution in [2.24, 2.45) is 5.41 Å². The maximum absolute atomic E-state index is 10.7. The molecule has 0 bridgehead atoms. The highest BCUT2D eigenvalue weighted by Gasteiger charge is 2.20. The minimum atomic E-state index is -0.668.